The van der Waals surface area contributed by atoms with Crippen molar-refractivity contribution in [2.24, 2.45) is 0 Å². The van der Waals surface area contributed by atoms with E-state index < -0.39 is 11.5 Å². The van der Waals surface area contributed by atoms with Crippen LogP contribution in [0.15, 0.2) is 96.0 Å². The minimum atomic E-state index is -0.968. The number of hydrogen-bond donors (Lipinski definition) is 1. The molecular weight excluding hydrogens is 514 g/mol. The van der Waals surface area contributed by atoms with Gasteiger partial charge in [0.25, 0.3) is 0 Å². The van der Waals surface area contributed by atoms with E-state index in [0.717, 1.165) is 50.4 Å². The first-order valence-corrected chi connectivity index (χ1v) is 13.5. The molecule has 0 radical (unpaired) electrons. The lowest BCUT2D eigenvalue weighted by Gasteiger charge is -2.31. The molecule has 41 heavy (non-hydrogen) atoms. The highest BCUT2D eigenvalue weighted by atomic mass is 16.5. The van der Waals surface area contributed by atoms with Gasteiger partial charge in [0.2, 0.25) is 0 Å². The van der Waals surface area contributed by atoms with Gasteiger partial charge >= 0.3 is 5.97 Å². The molecule has 1 aromatic carbocycles. The maximum absolute atomic E-state index is 11.5. The average Bonchev–Trinajstić information content (AvgIpc) is 3.57. The smallest absolute Gasteiger partial charge is 0.335 e. The van der Waals surface area contributed by atoms with Crippen LogP contribution in [0.4, 0.5) is 0 Å². The Labute approximate surface area is 238 Å². The zero-order valence-electron chi connectivity index (χ0n) is 23.7. The first kappa shape index (κ1) is 27.5. The maximum atomic E-state index is 11.5. The lowest BCUT2D eigenvalue weighted by molar-refractivity contribution is 0.0697. The number of aromatic nitrogens is 5. The average molecular weight is 546 g/mol. The molecular formula is C33H31N5O3. The molecule has 5 heterocycles. The van der Waals surface area contributed by atoms with Gasteiger partial charge in [-0.3, -0.25) is 15.0 Å². The third kappa shape index (κ3) is 4.78. The fourth-order valence-corrected chi connectivity index (χ4v) is 5.19. The molecule has 0 amide bonds. The summed E-state index contributed by atoms with van der Waals surface area (Å²) >= 11 is 0. The predicted octanol–water partition coefficient (Wildman–Crippen LogP) is 7.30. The Bertz CT molecular complexity index is 1750. The van der Waals surface area contributed by atoms with E-state index in [-0.39, 0.29) is 5.56 Å². The van der Waals surface area contributed by atoms with Gasteiger partial charge in [-0.1, -0.05) is 43.3 Å². The highest BCUT2D eigenvalue weighted by molar-refractivity contribution is 5.96. The highest BCUT2D eigenvalue weighted by Gasteiger charge is 2.36. The van der Waals surface area contributed by atoms with Crippen LogP contribution in [0.2, 0.25) is 0 Å². The SMILES string of the molecule is CC.Cc1noc(C)c1-c1cnc2c(-c3ccc(C(=O)O)cc3)cn(C(C)(c3ccccn3)c3ccccn3)c2c1. The molecule has 8 heteroatoms. The van der Waals surface area contributed by atoms with E-state index in [0.29, 0.717) is 5.76 Å². The summed E-state index contributed by atoms with van der Waals surface area (Å²) in [6.07, 6.45) is 7.43. The van der Waals surface area contributed by atoms with Crippen molar-refractivity contribution >= 4 is 17.0 Å². The molecule has 0 aliphatic heterocycles. The number of fused-ring (bicyclic) bond motifs is 1. The normalized spacial score (nSPS) is 11.2. The molecule has 0 fully saturated rings. The Morgan fingerprint density at radius 3 is 2.02 bits per heavy atom. The molecule has 0 saturated heterocycles. The Kier molecular flexibility index (Phi) is 7.48. The van der Waals surface area contributed by atoms with Crippen LogP contribution in [0, 0.1) is 13.8 Å². The monoisotopic (exact) mass is 545 g/mol. The summed E-state index contributed by atoms with van der Waals surface area (Å²) in [4.78, 5) is 25.9. The van der Waals surface area contributed by atoms with Crippen LogP contribution in [-0.2, 0) is 5.54 Å². The molecule has 6 rings (SSSR count). The van der Waals surface area contributed by atoms with Crippen molar-refractivity contribution in [1.82, 2.24) is 24.7 Å². The van der Waals surface area contributed by atoms with Gasteiger partial charge in [-0.15, -0.1) is 0 Å². The number of nitrogens with zero attached hydrogens (tertiary/aromatic N) is 5. The highest BCUT2D eigenvalue weighted by Crippen LogP contribution is 2.40. The molecule has 0 unspecified atom stereocenters. The summed E-state index contributed by atoms with van der Waals surface area (Å²) in [5, 5.41) is 13.5. The molecule has 8 nitrogen and oxygen atoms in total. The molecule has 6 aromatic rings. The molecule has 5 aromatic heterocycles. The van der Waals surface area contributed by atoms with Gasteiger partial charge in [0.15, 0.2) is 0 Å². The topological polar surface area (TPSA) is 107 Å². The third-order valence-electron chi connectivity index (χ3n) is 7.21. The summed E-state index contributed by atoms with van der Waals surface area (Å²) < 4.78 is 7.61. The minimum Gasteiger partial charge on any atom is -0.478 e. The van der Waals surface area contributed by atoms with Crippen LogP contribution in [0.25, 0.3) is 33.3 Å². The zero-order chi connectivity index (χ0) is 29.1. The van der Waals surface area contributed by atoms with E-state index in [1.807, 2.05) is 88.6 Å². The first-order valence-electron chi connectivity index (χ1n) is 13.5. The molecule has 0 aliphatic carbocycles. The quantitative estimate of drug-likeness (QED) is 0.234. The Hall–Kier alpha value is -5.11. The fraction of sp³-hybridized carbons (Fsp3) is 0.182. The summed E-state index contributed by atoms with van der Waals surface area (Å²) in [5.41, 5.74) is 6.99. The molecule has 0 saturated carbocycles. The zero-order valence-corrected chi connectivity index (χ0v) is 23.7. The summed E-state index contributed by atoms with van der Waals surface area (Å²) in [7, 11) is 0. The molecule has 0 aliphatic rings. The number of carboxylic acids is 1. The maximum Gasteiger partial charge on any atom is 0.335 e. The van der Waals surface area contributed by atoms with E-state index in [9.17, 15) is 9.90 Å². The van der Waals surface area contributed by atoms with Crippen LogP contribution in [0.5, 0.6) is 0 Å². The van der Waals surface area contributed by atoms with Gasteiger partial charge in [0.05, 0.1) is 33.7 Å². The van der Waals surface area contributed by atoms with Crippen LogP contribution in [0.1, 0.15) is 54.0 Å². The minimum absolute atomic E-state index is 0.225. The lowest BCUT2D eigenvalue weighted by atomic mass is 9.91. The van der Waals surface area contributed by atoms with Crippen molar-refractivity contribution in [3.05, 3.63) is 120 Å². The lowest BCUT2D eigenvalue weighted by Crippen LogP contribution is -2.34. The van der Waals surface area contributed by atoms with E-state index in [1.54, 1.807) is 24.5 Å². The van der Waals surface area contributed by atoms with Gasteiger partial charge in [0, 0.05) is 41.5 Å². The van der Waals surface area contributed by atoms with Crippen LogP contribution in [0.3, 0.4) is 0 Å². The summed E-state index contributed by atoms with van der Waals surface area (Å²) in [5.74, 6) is -0.252. The molecule has 0 atom stereocenters. The number of benzene rings is 1. The molecule has 0 spiro atoms. The molecule has 206 valence electrons. The van der Waals surface area contributed by atoms with Gasteiger partial charge in [-0.05, 0) is 68.8 Å². The van der Waals surface area contributed by atoms with Crippen LogP contribution < -0.4 is 0 Å². The van der Waals surface area contributed by atoms with E-state index >= 15 is 0 Å². The van der Waals surface area contributed by atoms with Gasteiger partial charge < -0.3 is 14.2 Å². The van der Waals surface area contributed by atoms with Crippen molar-refractivity contribution < 1.29 is 14.4 Å². The van der Waals surface area contributed by atoms with Crippen molar-refractivity contribution in [3.8, 4) is 22.3 Å². The standard InChI is InChI=1S/C31H25N5O3.C2H6/c1-19-28(20(2)39-35-19)23-16-25-29(34-17-23)24(21-10-12-22(13-11-21)30(37)38)18-36(25)31(3,26-8-4-6-14-32-26)27-9-5-7-15-33-27;1-2/h4-18H,1-3H3,(H,37,38);1-2H3. The number of rotatable bonds is 6. The largest absolute Gasteiger partial charge is 0.478 e. The second-order valence-corrected chi connectivity index (χ2v) is 9.59. The number of aryl methyl sites for hydroxylation is 2. The summed E-state index contributed by atoms with van der Waals surface area (Å²) in [6, 6.07) is 20.6. The number of carbonyl (C=O) groups is 1. The Morgan fingerprint density at radius 1 is 0.878 bits per heavy atom. The Morgan fingerprint density at radius 2 is 1.51 bits per heavy atom. The van der Waals surface area contributed by atoms with Crippen molar-refractivity contribution in [1.29, 1.82) is 0 Å². The van der Waals surface area contributed by atoms with Crippen molar-refractivity contribution in [2.45, 2.75) is 40.2 Å². The van der Waals surface area contributed by atoms with Crippen molar-refractivity contribution in [3.63, 3.8) is 0 Å². The number of carboxylic acid groups (broad SMARTS) is 1. The number of hydrogen-bond acceptors (Lipinski definition) is 6. The van der Waals surface area contributed by atoms with Crippen LogP contribution >= 0.6 is 0 Å². The number of aromatic carboxylic acids is 1. The summed E-state index contributed by atoms with van der Waals surface area (Å²) in [6.45, 7) is 9.90. The predicted molar refractivity (Wildman–Crippen MR) is 159 cm³/mol. The molecule has 0 bridgehead atoms. The Balaban J connectivity index is 0.00000165. The van der Waals surface area contributed by atoms with Gasteiger partial charge in [-0.25, -0.2) is 4.79 Å². The van der Waals surface area contributed by atoms with Gasteiger partial charge in [-0.2, -0.15) is 0 Å². The second-order valence-electron chi connectivity index (χ2n) is 9.59. The third-order valence-corrected chi connectivity index (χ3v) is 7.21. The first-order chi connectivity index (χ1) is 19.9. The van der Waals surface area contributed by atoms with E-state index in [2.05, 4.69) is 22.7 Å². The molecule has 1 N–H and O–H groups in total. The second kappa shape index (κ2) is 11.2. The van der Waals surface area contributed by atoms with E-state index in [1.165, 1.54) is 0 Å². The van der Waals surface area contributed by atoms with Crippen LogP contribution in [-0.4, -0.2) is 35.8 Å². The fourth-order valence-electron chi connectivity index (χ4n) is 5.19. The number of pyridine rings is 3. The van der Waals surface area contributed by atoms with Gasteiger partial charge in [0.1, 0.15) is 11.3 Å². The van der Waals surface area contributed by atoms with Crippen molar-refractivity contribution in [2.75, 3.05) is 0 Å². The van der Waals surface area contributed by atoms with E-state index in [4.69, 9.17) is 19.5 Å².